The van der Waals surface area contributed by atoms with Crippen LogP contribution in [0.3, 0.4) is 0 Å². The van der Waals surface area contributed by atoms with Crippen molar-refractivity contribution in [1.82, 2.24) is 14.7 Å². The lowest BCUT2D eigenvalue weighted by molar-refractivity contribution is 0.0746. The molecule has 4 rings (SSSR count). The van der Waals surface area contributed by atoms with E-state index in [1.165, 1.54) is 16.8 Å². The quantitative estimate of drug-likeness (QED) is 0.631. The van der Waals surface area contributed by atoms with E-state index in [9.17, 15) is 9.18 Å². The number of nitrogens with zero attached hydrogens (tertiary/aromatic N) is 4. The number of ether oxygens (including phenoxy) is 1. The number of piperazine rings is 1. The van der Waals surface area contributed by atoms with Gasteiger partial charge in [0.2, 0.25) is 0 Å². The molecule has 0 aliphatic carbocycles. The van der Waals surface area contributed by atoms with Crippen molar-refractivity contribution >= 4 is 23.2 Å². The third kappa shape index (κ3) is 3.73. The highest BCUT2D eigenvalue weighted by atomic mass is 35.5. The van der Waals surface area contributed by atoms with Crippen LogP contribution in [-0.2, 0) is 0 Å². The predicted molar refractivity (Wildman–Crippen MR) is 114 cm³/mol. The molecule has 0 radical (unpaired) electrons. The normalized spacial score (nSPS) is 14.1. The molecule has 0 saturated carbocycles. The van der Waals surface area contributed by atoms with Gasteiger partial charge < -0.3 is 14.5 Å². The Hall–Kier alpha value is -3.06. The molecule has 1 fully saturated rings. The fourth-order valence-electron chi connectivity index (χ4n) is 3.70. The highest BCUT2D eigenvalue weighted by Gasteiger charge is 2.28. The summed E-state index contributed by atoms with van der Waals surface area (Å²) in [5, 5.41) is 4.63. The maximum Gasteiger partial charge on any atom is 0.259 e. The molecule has 30 heavy (non-hydrogen) atoms. The van der Waals surface area contributed by atoms with Gasteiger partial charge in [-0.1, -0.05) is 23.7 Å². The van der Waals surface area contributed by atoms with E-state index in [1.54, 1.807) is 31.1 Å². The molecule has 0 unspecified atom stereocenters. The van der Waals surface area contributed by atoms with Crippen molar-refractivity contribution in [3.63, 3.8) is 0 Å². The van der Waals surface area contributed by atoms with Crippen LogP contribution in [0, 0.1) is 12.7 Å². The Bertz CT molecular complexity index is 1060. The summed E-state index contributed by atoms with van der Waals surface area (Å²) in [4.78, 5) is 17.2. The van der Waals surface area contributed by atoms with Gasteiger partial charge in [0.15, 0.2) is 0 Å². The number of halogens is 2. The molecule has 1 aliphatic heterocycles. The van der Waals surface area contributed by atoms with Crippen molar-refractivity contribution in [3.8, 4) is 11.4 Å². The van der Waals surface area contributed by atoms with E-state index in [0.29, 0.717) is 43.1 Å². The number of methoxy groups -OCH3 is 1. The van der Waals surface area contributed by atoms with Gasteiger partial charge in [-0.3, -0.25) is 4.79 Å². The smallest absolute Gasteiger partial charge is 0.259 e. The molecule has 3 aromatic rings. The molecule has 8 heteroatoms. The molecule has 0 bridgehead atoms. The number of rotatable bonds is 4. The second-order valence-corrected chi connectivity index (χ2v) is 7.45. The number of amides is 1. The first kappa shape index (κ1) is 20.2. The van der Waals surface area contributed by atoms with Crippen LogP contribution in [0.15, 0.2) is 48.5 Å². The lowest BCUT2D eigenvalue weighted by Gasteiger charge is -2.36. The van der Waals surface area contributed by atoms with E-state index in [-0.39, 0.29) is 16.9 Å². The predicted octanol–water partition coefficient (Wildman–Crippen LogP) is 3.94. The molecular formula is C22H22ClFN4O2. The van der Waals surface area contributed by atoms with Gasteiger partial charge >= 0.3 is 0 Å². The van der Waals surface area contributed by atoms with E-state index in [4.69, 9.17) is 16.3 Å². The minimum atomic E-state index is -0.344. The van der Waals surface area contributed by atoms with Gasteiger partial charge in [0.05, 0.1) is 29.7 Å². The maximum absolute atomic E-state index is 13.2. The third-order valence-corrected chi connectivity index (χ3v) is 5.63. The van der Waals surface area contributed by atoms with Crippen molar-refractivity contribution < 1.29 is 13.9 Å². The van der Waals surface area contributed by atoms with Crippen molar-refractivity contribution in [2.45, 2.75) is 6.92 Å². The second-order valence-electron chi connectivity index (χ2n) is 7.09. The van der Waals surface area contributed by atoms with Gasteiger partial charge in [0.1, 0.15) is 16.7 Å². The van der Waals surface area contributed by atoms with Crippen molar-refractivity contribution in [2.75, 3.05) is 38.2 Å². The highest BCUT2D eigenvalue weighted by Crippen LogP contribution is 2.29. The summed E-state index contributed by atoms with van der Waals surface area (Å²) in [6.07, 6.45) is 0. The van der Waals surface area contributed by atoms with Crippen molar-refractivity contribution in [1.29, 1.82) is 0 Å². The van der Waals surface area contributed by atoms with E-state index in [2.05, 4.69) is 10.00 Å². The van der Waals surface area contributed by atoms with Crippen LogP contribution in [0.1, 0.15) is 16.1 Å². The molecule has 0 spiro atoms. The Kier molecular flexibility index (Phi) is 5.63. The number of hydrogen-bond acceptors (Lipinski definition) is 4. The first-order valence-electron chi connectivity index (χ1n) is 9.68. The molecule has 2 aromatic carbocycles. The minimum absolute atomic E-state index is 0.148. The van der Waals surface area contributed by atoms with Gasteiger partial charge in [-0.25, -0.2) is 9.07 Å². The average molecular weight is 429 g/mol. The first-order chi connectivity index (χ1) is 14.5. The zero-order valence-electron chi connectivity index (χ0n) is 16.8. The number of aryl methyl sites for hydroxylation is 1. The van der Waals surface area contributed by atoms with Crippen LogP contribution < -0.4 is 9.64 Å². The lowest BCUT2D eigenvalue weighted by Crippen LogP contribution is -2.49. The maximum atomic E-state index is 13.2. The topological polar surface area (TPSA) is 50.6 Å². The molecule has 1 amide bonds. The second kappa shape index (κ2) is 8.36. The van der Waals surface area contributed by atoms with E-state index in [0.717, 1.165) is 11.4 Å². The van der Waals surface area contributed by atoms with E-state index >= 15 is 0 Å². The van der Waals surface area contributed by atoms with Gasteiger partial charge in [0, 0.05) is 26.2 Å². The molecule has 0 atom stereocenters. The molecule has 1 saturated heterocycles. The summed E-state index contributed by atoms with van der Waals surface area (Å²) in [5.74, 6) is 0.324. The number of carbonyl (C=O) groups excluding carboxylic acids is 1. The Morgan fingerprint density at radius 1 is 1.07 bits per heavy atom. The van der Waals surface area contributed by atoms with Crippen LogP contribution in [0.25, 0.3) is 5.69 Å². The summed E-state index contributed by atoms with van der Waals surface area (Å²) in [6, 6.07) is 13.7. The number of carbonyl (C=O) groups is 1. The van der Waals surface area contributed by atoms with Gasteiger partial charge in [-0.05, 0) is 43.3 Å². The molecule has 6 nitrogen and oxygen atoms in total. The third-order valence-electron chi connectivity index (χ3n) is 5.28. The Morgan fingerprint density at radius 2 is 1.73 bits per heavy atom. The standard InChI is InChI=1S/C22H22ClFN4O2/c1-15-20(21(23)28(25-15)17-9-7-16(24)8-10-17)22(29)27-13-11-26(12-14-27)18-5-3-4-6-19(18)30-2/h3-10H,11-14H2,1-2H3. The SMILES string of the molecule is COc1ccccc1N1CCN(C(=O)c2c(C)nn(-c3ccc(F)cc3)c2Cl)CC1. The van der Waals surface area contributed by atoms with Crippen LogP contribution in [0.5, 0.6) is 5.75 Å². The Balaban J connectivity index is 1.51. The fourth-order valence-corrected chi connectivity index (χ4v) is 4.05. The zero-order valence-corrected chi connectivity index (χ0v) is 17.6. The lowest BCUT2D eigenvalue weighted by atomic mass is 10.2. The van der Waals surface area contributed by atoms with Gasteiger partial charge in [0.25, 0.3) is 5.91 Å². The molecule has 0 N–H and O–H groups in total. The van der Waals surface area contributed by atoms with E-state index < -0.39 is 0 Å². The summed E-state index contributed by atoms with van der Waals surface area (Å²) >= 11 is 6.51. The number of aromatic nitrogens is 2. The molecule has 156 valence electrons. The van der Waals surface area contributed by atoms with Crippen LogP contribution in [0.2, 0.25) is 5.15 Å². The molecule has 2 heterocycles. The Morgan fingerprint density at radius 3 is 2.40 bits per heavy atom. The molecular weight excluding hydrogens is 407 g/mol. The number of hydrogen-bond donors (Lipinski definition) is 0. The largest absolute Gasteiger partial charge is 0.495 e. The zero-order chi connectivity index (χ0) is 21.3. The van der Waals surface area contributed by atoms with Gasteiger partial charge in [-0.15, -0.1) is 0 Å². The van der Waals surface area contributed by atoms with E-state index in [1.807, 2.05) is 24.3 Å². The van der Waals surface area contributed by atoms with Gasteiger partial charge in [-0.2, -0.15) is 5.10 Å². The fraction of sp³-hybridized carbons (Fsp3) is 0.273. The minimum Gasteiger partial charge on any atom is -0.495 e. The summed E-state index contributed by atoms with van der Waals surface area (Å²) in [5.41, 5.74) is 2.54. The summed E-state index contributed by atoms with van der Waals surface area (Å²) < 4.78 is 20.1. The highest BCUT2D eigenvalue weighted by molar-refractivity contribution is 6.33. The number of anilines is 1. The molecule has 1 aliphatic rings. The number of para-hydroxylation sites is 2. The van der Waals surface area contributed by atoms with Crippen LogP contribution in [0.4, 0.5) is 10.1 Å². The van der Waals surface area contributed by atoms with Crippen molar-refractivity contribution in [2.24, 2.45) is 0 Å². The Labute approximate surface area is 179 Å². The van der Waals surface area contributed by atoms with Crippen LogP contribution >= 0.6 is 11.6 Å². The summed E-state index contributed by atoms with van der Waals surface area (Å²) in [7, 11) is 1.65. The first-order valence-corrected chi connectivity index (χ1v) is 10.1. The average Bonchev–Trinajstić information content (AvgIpc) is 3.07. The molecule has 1 aromatic heterocycles. The monoisotopic (exact) mass is 428 g/mol. The van der Waals surface area contributed by atoms with Crippen LogP contribution in [-0.4, -0.2) is 53.9 Å². The van der Waals surface area contributed by atoms with Crippen molar-refractivity contribution in [3.05, 3.63) is 70.8 Å². The number of benzene rings is 2. The summed E-state index contributed by atoms with van der Waals surface area (Å²) in [6.45, 7) is 4.26.